The van der Waals surface area contributed by atoms with Gasteiger partial charge in [0.05, 0.1) is 18.2 Å². The molecule has 0 aromatic heterocycles. The van der Waals surface area contributed by atoms with E-state index in [2.05, 4.69) is 5.32 Å². The van der Waals surface area contributed by atoms with Crippen molar-refractivity contribution < 1.29 is 19.1 Å². The molecular formula is C17H18Cl2N2O4. The van der Waals surface area contributed by atoms with Gasteiger partial charge in [-0.15, -0.1) is 0 Å². The van der Waals surface area contributed by atoms with Crippen molar-refractivity contribution >= 4 is 35.2 Å². The number of likely N-dealkylation sites (tertiary alicyclic amines) is 1. The number of hydrogen-bond donors (Lipinski definition) is 1. The summed E-state index contributed by atoms with van der Waals surface area (Å²) in [5, 5.41) is 3.98. The monoisotopic (exact) mass is 384 g/mol. The van der Waals surface area contributed by atoms with Gasteiger partial charge in [0.1, 0.15) is 6.61 Å². The zero-order chi connectivity index (χ0) is 17.6. The van der Waals surface area contributed by atoms with Crippen LogP contribution in [0.5, 0.6) is 0 Å². The zero-order valence-corrected chi connectivity index (χ0v) is 15.0. The number of carbonyl (C=O) groups excluding carboxylic acids is 2. The van der Waals surface area contributed by atoms with E-state index in [4.69, 9.17) is 32.7 Å². The highest BCUT2D eigenvalue weighted by Gasteiger charge is 2.54. The second kappa shape index (κ2) is 6.34. The Balaban J connectivity index is 1.20. The van der Waals surface area contributed by atoms with Crippen molar-refractivity contribution in [3.05, 3.63) is 33.8 Å². The molecule has 1 spiro atoms. The van der Waals surface area contributed by atoms with Crippen LogP contribution in [0.2, 0.25) is 10.0 Å². The van der Waals surface area contributed by atoms with Crippen LogP contribution in [-0.4, -0.2) is 48.2 Å². The minimum Gasteiger partial charge on any atom is -0.447 e. The number of hydrogen-bond acceptors (Lipinski definition) is 4. The van der Waals surface area contributed by atoms with Crippen molar-refractivity contribution in [1.29, 1.82) is 0 Å². The Morgan fingerprint density at radius 1 is 1.36 bits per heavy atom. The van der Waals surface area contributed by atoms with Crippen LogP contribution in [0.15, 0.2) is 18.2 Å². The molecule has 6 nitrogen and oxygen atoms in total. The van der Waals surface area contributed by atoms with E-state index in [0.717, 1.165) is 5.56 Å². The average molecular weight is 385 g/mol. The number of nitrogens with one attached hydrogen (secondary N) is 1. The van der Waals surface area contributed by atoms with Gasteiger partial charge in [0, 0.05) is 29.1 Å². The fourth-order valence-electron chi connectivity index (χ4n) is 3.60. The molecule has 0 atom stereocenters. The summed E-state index contributed by atoms with van der Waals surface area (Å²) in [6.45, 7) is 1.95. The van der Waals surface area contributed by atoms with Crippen LogP contribution in [-0.2, 0) is 20.9 Å². The van der Waals surface area contributed by atoms with Crippen molar-refractivity contribution in [2.75, 3.05) is 19.7 Å². The highest BCUT2D eigenvalue weighted by Crippen LogP contribution is 2.42. The first kappa shape index (κ1) is 16.9. The van der Waals surface area contributed by atoms with Crippen LogP contribution in [0.4, 0.5) is 4.79 Å². The predicted octanol–water partition coefficient (Wildman–Crippen LogP) is 2.61. The normalized spacial score (nSPS) is 28.3. The van der Waals surface area contributed by atoms with Gasteiger partial charge in [-0.1, -0.05) is 29.3 Å². The molecule has 4 rings (SSSR count). The van der Waals surface area contributed by atoms with E-state index in [1.165, 1.54) is 0 Å². The first-order valence-electron chi connectivity index (χ1n) is 8.23. The lowest BCUT2D eigenvalue weighted by atomic mass is 9.68. The number of benzene rings is 1. The van der Waals surface area contributed by atoms with Crippen LogP contribution in [0.1, 0.15) is 18.4 Å². The molecule has 25 heavy (non-hydrogen) atoms. The van der Waals surface area contributed by atoms with Crippen LogP contribution >= 0.6 is 23.2 Å². The van der Waals surface area contributed by atoms with E-state index >= 15 is 0 Å². The summed E-state index contributed by atoms with van der Waals surface area (Å²) in [6, 6.07) is 5.31. The van der Waals surface area contributed by atoms with E-state index in [1.807, 2.05) is 11.0 Å². The third kappa shape index (κ3) is 3.30. The molecule has 1 aromatic rings. The molecule has 1 saturated carbocycles. The molecule has 2 amide bonds. The molecule has 2 aliphatic heterocycles. The SMILES string of the molecule is O=C1NC2(CO1)CC(C(=O)N1CC(OCc3ccc(Cl)cc3Cl)C1)C2. The quantitative estimate of drug-likeness (QED) is 0.865. The Bertz CT molecular complexity index is 715. The van der Waals surface area contributed by atoms with E-state index in [9.17, 15) is 9.59 Å². The van der Waals surface area contributed by atoms with Crippen LogP contribution in [0.3, 0.4) is 0 Å². The second-order valence-corrected chi connectivity index (χ2v) is 7.84. The average Bonchev–Trinajstić information content (AvgIpc) is 2.88. The lowest BCUT2D eigenvalue weighted by Gasteiger charge is -2.47. The Labute approximate surface area is 155 Å². The number of halogens is 2. The van der Waals surface area contributed by atoms with E-state index in [1.54, 1.807) is 12.1 Å². The van der Waals surface area contributed by atoms with Crippen molar-refractivity contribution in [1.82, 2.24) is 10.2 Å². The zero-order valence-electron chi connectivity index (χ0n) is 13.5. The van der Waals surface area contributed by atoms with Crippen molar-refractivity contribution in [3.63, 3.8) is 0 Å². The minimum absolute atomic E-state index is 0.0271. The first-order chi connectivity index (χ1) is 11.9. The molecule has 3 fully saturated rings. The number of alkyl carbamates (subject to hydrolysis) is 1. The van der Waals surface area contributed by atoms with Crippen LogP contribution < -0.4 is 5.32 Å². The van der Waals surface area contributed by atoms with E-state index < -0.39 is 0 Å². The van der Waals surface area contributed by atoms with E-state index in [0.29, 0.717) is 49.2 Å². The number of ether oxygens (including phenoxy) is 2. The van der Waals surface area contributed by atoms with Gasteiger partial charge in [0.15, 0.2) is 0 Å². The number of carbonyl (C=O) groups is 2. The van der Waals surface area contributed by atoms with Crippen LogP contribution in [0, 0.1) is 5.92 Å². The second-order valence-electron chi connectivity index (χ2n) is 7.00. The fourth-order valence-corrected chi connectivity index (χ4v) is 4.06. The summed E-state index contributed by atoms with van der Waals surface area (Å²) in [6.07, 6.45) is 0.948. The maximum Gasteiger partial charge on any atom is 0.407 e. The summed E-state index contributed by atoms with van der Waals surface area (Å²) in [5.41, 5.74) is 0.567. The first-order valence-corrected chi connectivity index (χ1v) is 8.99. The molecule has 2 saturated heterocycles. The molecule has 1 aliphatic carbocycles. The third-order valence-electron chi connectivity index (χ3n) is 5.12. The molecular weight excluding hydrogens is 367 g/mol. The van der Waals surface area contributed by atoms with Gasteiger partial charge in [-0.2, -0.15) is 0 Å². The predicted molar refractivity (Wildman–Crippen MR) is 91.6 cm³/mol. The van der Waals surface area contributed by atoms with Crippen LogP contribution in [0.25, 0.3) is 0 Å². The Kier molecular flexibility index (Phi) is 4.30. The number of cyclic esters (lactones) is 1. The third-order valence-corrected chi connectivity index (χ3v) is 5.71. The van der Waals surface area contributed by atoms with Crippen molar-refractivity contribution in [2.24, 2.45) is 5.92 Å². The summed E-state index contributed by atoms with van der Waals surface area (Å²) in [5.74, 6) is 0.102. The summed E-state index contributed by atoms with van der Waals surface area (Å²) >= 11 is 12.0. The topological polar surface area (TPSA) is 67.9 Å². The number of nitrogens with zero attached hydrogens (tertiary/aromatic N) is 1. The highest BCUT2D eigenvalue weighted by molar-refractivity contribution is 6.35. The van der Waals surface area contributed by atoms with Gasteiger partial charge >= 0.3 is 6.09 Å². The largest absolute Gasteiger partial charge is 0.447 e. The van der Waals surface area contributed by atoms with Gasteiger partial charge in [0.25, 0.3) is 0 Å². The maximum absolute atomic E-state index is 12.4. The Hall–Kier alpha value is -1.50. The van der Waals surface area contributed by atoms with Gasteiger partial charge in [-0.25, -0.2) is 4.79 Å². The van der Waals surface area contributed by atoms with Gasteiger partial charge in [-0.3, -0.25) is 4.79 Å². The lowest BCUT2D eigenvalue weighted by Crippen LogP contribution is -2.62. The highest BCUT2D eigenvalue weighted by atomic mass is 35.5. The molecule has 134 valence electrons. The molecule has 3 aliphatic rings. The molecule has 1 aromatic carbocycles. The molecule has 0 unspecified atom stereocenters. The summed E-state index contributed by atoms with van der Waals surface area (Å²) in [4.78, 5) is 25.4. The fraction of sp³-hybridized carbons (Fsp3) is 0.529. The molecule has 1 N–H and O–H groups in total. The van der Waals surface area contributed by atoms with Gasteiger partial charge in [0.2, 0.25) is 5.91 Å². The Morgan fingerprint density at radius 3 is 2.76 bits per heavy atom. The maximum atomic E-state index is 12.4. The number of amides is 2. The molecule has 2 heterocycles. The Morgan fingerprint density at radius 2 is 2.12 bits per heavy atom. The summed E-state index contributed by atoms with van der Waals surface area (Å²) in [7, 11) is 0. The number of rotatable bonds is 4. The smallest absolute Gasteiger partial charge is 0.407 e. The van der Waals surface area contributed by atoms with Crippen molar-refractivity contribution in [2.45, 2.75) is 31.1 Å². The van der Waals surface area contributed by atoms with Gasteiger partial charge in [-0.05, 0) is 30.5 Å². The molecule has 0 bridgehead atoms. The molecule has 0 radical (unpaired) electrons. The standard InChI is InChI=1S/C17H18Cl2N2O4/c18-12-2-1-10(14(19)3-12)8-24-13-6-21(7-13)15(22)11-4-17(5-11)9-25-16(23)20-17/h1-3,11,13H,4-9H2,(H,20,23). The molecule has 8 heteroatoms. The summed E-state index contributed by atoms with van der Waals surface area (Å²) < 4.78 is 10.7. The van der Waals surface area contributed by atoms with Crippen molar-refractivity contribution in [3.8, 4) is 0 Å². The lowest BCUT2D eigenvalue weighted by molar-refractivity contribution is -0.155. The minimum atomic E-state index is -0.385. The van der Waals surface area contributed by atoms with Gasteiger partial charge < -0.3 is 19.7 Å². The van der Waals surface area contributed by atoms with E-state index in [-0.39, 0.29) is 29.6 Å².